The molecule has 0 aliphatic heterocycles. The van der Waals surface area contributed by atoms with Crippen molar-refractivity contribution in [2.75, 3.05) is 0 Å². The van der Waals surface area contributed by atoms with Gasteiger partial charge in [-0.1, -0.05) is 31.4 Å². The molecule has 1 aromatic carbocycles. The van der Waals surface area contributed by atoms with Crippen LogP contribution in [0, 0.1) is 17.2 Å². The second kappa shape index (κ2) is 9.82. The quantitative estimate of drug-likeness (QED) is 0.557. The smallest absolute Gasteiger partial charge is 0.417 e. The molecule has 1 heterocycles. The Balaban J connectivity index is 1.71. The molecule has 0 bridgehead atoms. The number of pyridine rings is 1. The number of ether oxygens (including phenoxy) is 1. The van der Waals surface area contributed by atoms with Gasteiger partial charge in [-0.25, -0.2) is 4.98 Å². The molecule has 33 heavy (non-hydrogen) atoms. The van der Waals surface area contributed by atoms with Crippen molar-refractivity contribution in [2.45, 2.75) is 70.2 Å². The molecule has 1 aliphatic rings. The molecule has 0 spiro atoms. The summed E-state index contributed by atoms with van der Waals surface area (Å²) in [7, 11) is 0. The minimum atomic E-state index is -4.49. The molecule has 2 unspecified atom stereocenters. The van der Waals surface area contributed by atoms with E-state index in [1.165, 1.54) is 6.42 Å². The molecule has 2 aromatic rings. The minimum Gasteiger partial charge on any atom is -0.462 e. The van der Waals surface area contributed by atoms with Crippen molar-refractivity contribution >= 4 is 5.91 Å². The van der Waals surface area contributed by atoms with Crippen LogP contribution in [0.5, 0.6) is 5.88 Å². The summed E-state index contributed by atoms with van der Waals surface area (Å²) < 4.78 is 43.9. The molecule has 2 atom stereocenters. The minimum absolute atomic E-state index is 0.0209. The van der Waals surface area contributed by atoms with Crippen LogP contribution in [0.4, 0.5) is 13.2 Å². The van der Waals surface area contributed by atoms with E-state index in [1.54, 1.807) is 19.9 Å². The van der Waals surface area contributed by atoms with E-state index < -0.39 is 23.2 Å². The fourth-order valence-electron chi connectivity index (χ4n) is 3.95. The Bertz CT molecular complexity index is 1010. The molecule has 1 amide bonds. The van der Waals surface area contributed by atoms with Gasteiger partial charge in [-0.3, -0.25) is 4.79 Å². The van der Waals surface area contributed by atoms with Gasteiger partial charge < -0.3 is 10.1 Å². The first-order valence-corrected chi connectivity index (χ1v) is 11.0. The van der Waals surface area contributed by atoms with Crippen LogP contribution in [0.25, 0.3) is 0 Å². The van der Waals surface area contributed by atoms with Crippen molar-refractivity contribution < 1.29 is 22.7 Å². The lowest BCUT2D eigenvalue weighted by molar-refractivity contribution is -0.138. The van der Waals surface area contributed by atoms with Gasteiger partial charge in [0.2, 0.25) is 5.88 Å². The van der Waals surface area contributed by atoms with Gasteiger partial charge in [-0.15, -0.1) is 0 Å². The number of hydrogen-bond donors (Lipinski definition) is 1. The maximum atomic E-state index is 13.0. The van der Waals surface area contributed by atoms with Crippen LogP contribution in [0.1, 0.15) is 69.1 Å². The largest absolute Gasteiger partial charge is 0.462 e. The molecule has 1 fully saturated rings. The van der Waals surface area contributed by atoms with Crippen molar-refractivity contribution in [2.24, 2.45) is 5.92 Å². The maximum absolute atomic E-state index is 13.0. The normalized spacial score (nSPS) is 16.3. The van der Waals surface area contributed by atoms with Gasteiger partial charge in [0.05, 0.1) is 17.2 Å². The summed E-state index contributed by atoms with van der Waals surface area (Å²) in [6, 6.07) is 11.3. The summed E-state index contributed by atoms with van der Waals surface area (Å²) in [6.07, 6.45) is 0.608. The van der Waals surface area contributed by atoms with Crippen LogP contribution in [0.2, 0.25) is 0 Å². The molecular formula is C25H28F3N3O2. The van der Waals surface area contributed by atoms with Gasteiger partial charge in [-0.05, 0) is 56.9 Å². The number of carbonyl (C=O) groups is 1. The topological polar surface area (TPSA) is 75.0 Å². The number of aromatic nitrogens is 1. The lowest BCUT2D eigenvalue weighted by atomic mass is 9.75. The van der Waals surface area contributed by atoms with Crippen LogP contribution in [0.15, 0.2) is 42.6 Å². The average molecular weight is 460 g/mol. The Kier molecular flexibility index (Phi) is 7.31. The summed E-state index contributed by atoms with van der Waals surface area (Å²) in [5, 5.41) is 12.3. The van der Waals surface area contributed by atoms with Gasteiger partial charge in [0.25, 0.3) is 5.91 Å². The second-order valence-electron chi connectivity index (χ2n) is 9.13. The number of hydrogen-bond acceptors (Lipinski definition) is 4. The number of nitriles is 1. The summed E-state index contributed by atoms with van der Waals surface area (Å²) >= 11 is 0. The number of nitrogens with one attached hydrogen (secondary N) is 1. The first kappa shape index (κ1) is 24.6. The molecule has 1 aromatic heterocycles. The lowest BCUT2D eigenvalue weighted by Crippen LogP contribution is -2.51. The van der Waals surface area contributed by atoms with Gasteiger partial charge in [0.15, 0.2) is 5.60 Å². The predicted octanol–water partition coefficient (Wildman–Crippen LogP) is 5.61. The molecule has 176 valence electrons. The number of carbonyl (C=O) groups excluding carboxylic acids is 1. The van der Waals surface area contributed by atoms with Gasteiger partial charge in [-0.2, -0.15) is 18.4 Å². The second-order valence-corrected chi connectivity index (χ2v) is 9.13. The standard InChI is InChI=1S/C25H28F3N3O2/c1-16(21(13-17-6-4-7-17)19-9-5-8-18(12-19)14-29)31-23(32)24(2,3)33-22-11-10-20(15-30-22)25(26,27)28/h5,8-12,15-17,21H,4,6-7,13H2,1-3H3,(H,31,32). The van der Waals surface area contributed by atoms with E-state index in [-0.39, 0.29) is 17.8 Å². The highest BCUT2D eigenvalue weighted by Gasteiger charge is 2.35. The molecule has 3 rings (SSSR count). The first-order chi connectivity index (χ1) is 15.5. The molecule has 1 saturated carbocycles. The predicted molar refractivity (Wildman–Crippen MR) is 117 cm³/mol. The molecule has 0 radical (unpaired) electrons. The van der Waals surface area contributed by atoms with E-state index in [2.05, 4.69) is 16.4 Å². The average Bonchev–Trinajstić information content (AvgIpc) is 2.72. The zero-order chi connectivity index (χ0) is 24.2. The monoisotopic (exact) mass is 459 g/mol. The number of amides is 1. The summed E-state index contributed by atoms with van der Waals surface area (Å²) in [5.41, 5.74) is -0.668. The zero-order valence-corrected chi connectivity index (χ0v) is 18.9. The highest BCUT2D eigenvalue weighted by atomic mass is 19.4. The van der Waals surface area contributed by atoms with Crippen LogP contribution in [-0.4, -0.2) is 22.5 Å². The molecule has 0 saturated heterocycles. The molecule has 5 nitrogen and oxygen atoms in total. The summed E-state index contributed by atoms with van der Waals surface area (Å²) in [6.45, 7) is 5.02. The molecule has 1 aliphatic carbocycles. The fourth-order valence-corrected chi connectivity index (χ4v) is 3.95. The van der Waals surface area contributed by atoms with Crippen LogP contribution in [0.3, 0.4) is 0 Å². The summed E-state index contributed by atoms with van der Waals surface area (Å²) in [5.74, 6) is 0.142. The zero-order valence-electron chi connectivity index (χ0n) is 18.9. The van der Waals surface area contributed by atoms with Crippen molar-refractivity contribution in [1.82, 2.24) is 10.3 Å². The number of rotatable bonds is 8. The van der Waals surface area contributed by atoms with Crippen LogP contribution < -0.4 is 10.1 Å². The highest BCUT2D eigenvalue weighted by Crippen LogP contribution is 2.38. The first-order valence-electron chi connectivity index (χ1n) is 11.0. The van der Waals surface area contributed by atoms with Crippen molar-refractivity contribution in [1.29, 1.82) is 5.26 Å². The third kappa shape index (κ3) is 6.25. The van der Waals surface area contributed by atoms with Crippen molar-refractivity contribution in [3.8, 4) is 11.9 Å². The molecule has 8 heteroatoms. The number of alkyl halides is 3. The third-order valence-corrected chi connectivity index (χ3v) is 6.19. The number of halogens is 3. The van der Waals surface area contributed by atoms with Gasteiger partial charge in [0, 0.05) is 24.2 Å². The summed E-state index contributed by atoms with van der Waals surface area (Å²) in [4.78, 5) is 16.7. The van der Waals surface area contributed by atoms with Crippen LogP contribution in [-0.2, 0) is 11.0 Å². The van der Waals surface area contributed by atoms with Crippen molar-refractivity contribution in [3.05, 3.63) is 59.3 Å². The van der Waals surface area contributed by atoms with Crippen LogP contribution >= 0.6 is 0 Å². The Morgan fingerprint density at radius 2 is 2.00 bits per heavy atom. The van der Waals surface area contributed by atoms with Gasteiger partial charge in [0.1, 0.15) is 0 Å². The fraction of sp³-hybridized carbons (Fsp3) is 0.480. The lowest BCUT2D eigenvalue weighted by Gasteiger charge is -2.35. The van der Waals surface area contributed by atoms with E-state index in [0.717, 1.165) is 37.0 Å². The van der Waals surface area contributed by atoms with E-state index >= 15 is 0 Å². The van der Waals surface area contributed by atoms with Gasteiger partial charge >= 0.3 is 6.18 Å². The van der Waals surface area contributed by atoms with Crippen molar-refractivity contribution in [3.63, 3.8) is 0 Å². The Morgan fingerprint density at radius 1 is 1.27 bits per heavy atom. The Morgan fingerprint density at radius 3 is 2.55 bits per heavy atom. The third-order valence-electron chi connectivity index (χ3n) is 6.19. The SMILES string of the molecule is CC(NC(=O)C(C)(C)Oc1ccc(C(F)(F)F)cn1)C(CC1CCC1)c1cccc(C#N)c1. The van der Waals surface area contributed by atoms with E-state index in [9.17, 15) is 23.2 Å². The maximum Gasteiger partial charge on any atom is 0.417 e. The number of benzene rings is 1. The highest BCUT2D eigenvalue weighted by molar-refractivity contribution is 5.85. The molecule has 1 N–H and O–H groups in total. The van der Waals surface area contributed by atoms with E-state index in [0.29, 0.717) is 17.7 Å². The molecular weight excluding hydrogens is 431 g/mol. The Hall–Kier alpha value is -3.08. The number of nitrogens with zero attached hydrogens (tertiary/aromatic N) is 2. The Labute approximate surface area is 192 Å². The van der Waals surface area contributed by atoms with E-state index in [4.69, 9.17) is 4.74 Å². The van der Waals surface area contributed by atoms with E-state index in [1.807, 2.05) is 25.1 Å².